The van der Waals surface area contributed by atoms with Crippen LogP contribution >= 0.6 is 0 Å². The van der Waals surface area contributed by atoms with E-state index in [2.05, 4.69) is 10.3 Å². The van der Waals surface area contributed by atoms with E-state index in [9.17, 15) is 9.18 Å². The van der Waals surface area contributed by atoms with Crippen molar-refractivity contribution in [3.05, 3.63) is 60.0 Å². The molecule has 0 spiro atoms. The first-order valence-corrected chi connectivity index (χ1v) is 8.70. The molecule has 0 atom stereocenters. The molecule has 0 bridgehead atoms. The van der Waals surface area contributed by atoms with E-state index in [4.69, 9.17) is 10.5 Å². The molecule has 3 rings (SSSR count). The summed E-state index contributed by atoms with van der Waals surface area (Å²) in [5, 5.41) is 3.82. The summed E-state index contributed by atoms with van der Waals surface area (Å²) in [5.41, 5.74) is 6.77. The molecule has 2 aromatic carbocycles. The van der Waals surface area contributed by atoms with Crippen LogP contribution < -0.4 is 15.8 Å². The molecule has 6 heteroatoms. The fourth-order valence-electron chi connectivity index (χ4n) is 2.67. The highest BCUT2D eigenvalue weighted by atomic mass is 19.1. The predicted molar refractivity (Wildman–Crippen MR) is 100 cm³/mol. The van der Waals surface area contributed by atoms with Crippen LogP contribution in [0.4, 0.5) is 4.39 Å². The number of rotatable bonds is 8. The molecule has 0 fully saturated rings. The Kier molecular flexibility index (Phi) is 5.86. The van der Waals surface area contributed by atoms with Crippen molar-refractivity contribution in [2.75, 3.05) is 13.1 Å². The molecule has 0 aliphatic carbocycles. The molecule has 0 saturated carbocycles. The summed E-state index contributed by atoms with van der Waals surface area (Å²) in [6.07, 6.45) is 2.89. The third-order valence-electron chi connectivity index (χ3n) is 4.05. The Hall–Kier alpha value is -2.86. The van der Waals surface area contributed by atoms with Crippen LogP contribution in [0.25, 0.3) is 10.9 Å². The van der Waals surface area contributed by atoms with Crippen LogP contribution in [0.5, 0.6) is 11.5 Å². The molecule has 1 amide bonds. The zero-order valence-corrected chi connectivity index (χ0v) is 14.4. The number of hydrogen-bond acceptors (Lipinski definition) is 3. The minimum Gasteiger partial charge on any atom is -0.457 e. The number of halogens is 1. The van der Waals surface area contributed by atoms with Gasteiger partial charge in [0.05, 0.1) is 0 Å². The van der Waals surface area contributed by atoms with Crippen LogP contribution in [0.15, 0.2) is 48.5 Å². The molecule has 4 N–H and O–H groups in total. The van der Waals surface area contributed by atoms with Crippen molar-refractivity contribution in [1.82, 2.24) is 10.3 Å². The first-order valence-electron chi connectivity index (χ1n) is 8.70. The van der Waals surface area contributed by atoms with E-state index in [1.165, 1.54) is 12.1 Å². The number of hydrogen-bond donors (Lipinski definition) is 3. The minimum absolute atomic E-state index is 0.130. The van der Waals surface area contributed by atoms with Crippen molar-refractivity contribution < 1.29 is 13.9 Å². The van der Waals surface area contributed by atoms with Gasteiger partial charge in [0.1, 0.15) is 23.0 Å². The molecule has 1 aromatic heterocycles. The minimum atomic E-state index is -0.309. The molecule has 26 heavy (non-hydrogen) atoms. The highest BCUT2D eigenvalue weighted by molar-refractivity contribution is 5.98. The van der Waals surface area contributed by atoms with Crippen molar-refractivity contribution in [2.45, 2.75) is 19.3 Å². The van der Waals surface area contributed by atoms with E-state index < -0.39 is 0 Å². The number of nitrogens with one attached hydrogen (secondary N) is 2. The van der Waals surface area contributed by atoms with Gasteiger partial charge in [0, 0.05) is 23.5 Å². The van der Waals surface area contributed by atoms with Gasteiger partial charge < -0.3 is 20.8 Å². The lowest BCUT2D eigenvalue weighted by molar-refractivity contribution is 0.0949. The number of carbonyl (C=O) groups excluding carboxylic acids is 1. The maximum atomic E-state index is 13.0. The summed E-state index contributed by atoms with van der Waals surface area (Å²) in [5.74, 6) is 0.721. The molecule has 0 aliphatic heterocycles. The second kappa shape index (κ2) is 8.49. The summed E-state index contributed by atoms with van der Waals surface area (Å²) < 4.78 is 18.7. The summed E-state index contributed by atoms with van der Waals surface area (Å²) in [4.78, 5) is 15.3. The highest BCUT2D eigenvalue weighted by Gasteiger charge is 2.10. The normalized spacial score (nSPS) is 10.8. The maximum Gasteiger partial charge on any atom is 0.267 e. The number of aromatic nitrogens is 1. The van der Waals surface area contributed by atoms with Gasteiger partial charge in [0.15, 0.2) is 0 Å². The summed E-state index contributed by atoms with van der Waals surface area (Å²) in [6, 6.07) is 13.1. The second-order valence-corrected chi connectivity index (χ2v) is 6.09. The number of H-pyrrole nitrogens is 1. The Bertz CT molecular complexity index is 874. The third kappa shape index (κ3) is 4.61. The number of nitrogens with two attached hydrogens (primary N) is 1. The van der Waals surface area contributed by atoms with E-state index in [1.807, 2.05) is 24.3 Å². The van der Waals surface area contributed by atoms with E-state index in [0.717, 1.165) is 30.2 Å². The smallest absolute Gasteiger partial charge is 0.267 e. The molecule has 136 valence electrons. The fraction of sp³-hybridized carbons (Fsp3) is 0.250. The molecule has 5 nitrogen and oxygen atoms in total. The Morgan fingerprint density at radius 2 is 1.81 bits per heavy atom. The first-order chi connectivity index (χ1) is 12.7. The predicted octanol–water partition coefficient (Wildman–Crippen LogP) is 3.96. The standard InChI is InChI=1S/C20H22FN3O2/c21-15-5-8-16(9-6-15)26-17-7-4-14-12-19(24-18(14)13-17)20(25)23-11-3-1-2-10-22/h4-9,12-13,24H,1-3,10-11,22H2,(H,23,25). The SMILES string of the molecule is NCCCCCNC(=O)c1cc2ccc(Oc3ccc(F)cc3)cc2[nH]1. The summed E-state index contributed by atoms with van der Waals surface area (Å²) >= 11 is 0. The number of unbranched alkanes of at least 4 members (excludes halogenated alkanes) is 2. The van der Waals surface area contributed by atoms with Crippen LogP contribution in [-0.2, 0) is 0 Å². The van der Waals surface area contributed by atoms with Crippen LogP contribution in [0.2, 0.25) is 0 Å². The van der Waals surface area contributed by atoms with Gasteiger partial charge in [0.2, 0.25) is 0 Å². The summed E-state index contributed by atoms with van der Waals surface area (Å²) in [6.45, 7) is 1.31. The number of carbonyl (C=O) groups is 1. The molecule has 3 aromatic rings. The van der Waals surface area contributed by atoms with Gasteiger partial charge >= 0.3 is 0 Å². The second-order valence-electron chi connectivity index (χ2n) is 6.09. The van der Waals surface area contributed by atoms with Crippen LogP contribution in [-0.4, -0.2) is 24.0 Å². The third-order valence-corrected chi connectivity index (χ3v) is 4.05. The van der Waals surface area contributed by atoms with Crippen LogP contribution in [0, 0.1) is 5.82 Å². The number of ether oxygens (including phenoxy) is 1. The molecular formula is C20H22FN3O2. The van der Waals surface area contributed by atoms with Crippen molar-refractivity contribution in [3.8, 4) is 11.5 Å². The average Bonchev–Trinajstić information content (AvgIpc) is 3.07. The van der Waals surface area contributed by atoms with E-state index in [0.29, 0.717) is 30.3 Å². The zero-order valence-electron chi connectivity index (χ0n) is 14.4. The van der Waals surface area contributed by atoms with Crippen LogP contribution in [0.1, 0.15) is 29.8 Å². The molecule has 0 unspecified atom stereocenters. The van der Waals surface area contributed by atoms with Gasteiger partial charge in [-0.15, -0.1) is 0 Å². The Labute approximate surface area is 151 Å². The number of benzene rings is 2. The zero-order chi connectivity index (χ0) is 18.4. The van der Waals surface area contributed by atoms with Gasteiger partial charge in [-0.05, 0) is 61.9 Å². The average molecular weight is 355 g/mol. The lowest BCUT2D eigenvalue weighted by atomic mass is 10.2. The van der Waals surface area contributed by atoms with E-state index >= 15 is 0 Å². The van der Waals surface area contributed by atoms with Crippen molar-refractivity contribution in [3.63, 3.8) is 0 Å². The number of amides is 1. The van der Waals surface area contributed by atoms with Gasteiger partial charge in [-0.1, -0.05) is 6.42 Å². The van der Waals surface area contributed by atoms with E-state index in [1.54, 1.807) is 12.1 Å². The van der Waals surface area contributed by atoms with Crippen molar-refractivity contribution >= 4 is 16.8 Å². The molecular weight excluding hydrogens is 333 g/mol. The fourth-order valence-corrected chi connectivity index (χ4v) is 2.67. The quantitative estimate of drug-likeness (QED) is 0.535. The molecule has 0 radical (unpaired) electrons. The largest absolute Gasteiger partial charge is 0.457 e. The topological polar surface area (TPSA) is 80.1 Å². The number of aromatic amines is 1. The van der Waals surface area contributed by atoms with E-state index in [-0.39, 0.29) is 11.7 Å². The van der Waals surface area contributed by atoms with Crippen LogP contribution in [0.3, 0.4) is 0 Å². The summed E-state index contributed by atoms with van der Waals surface area (Å²) in [7, 11) is 0. The Morgan fingerprint density at radius 3 is 2.58 bits per heavy atom. The number of fused-ring (bicyclic) bond motifs is 1. The lowest BCUT2D eigenvalue weighted by Gasteiger charge is -2.05. The molecule has 0 saturated heterocycles. The van der Waals surface area contributed by atoms with Crippen molar-refractivity contribution in [1.29, 1.82) is 0 Å². The molecule has 1 heterocycles. The van der Waals surface area contributed by atoms with Crippen molar-refractivity contribution in [2.24, 2.45) is 5.73 Å². The van der Waals surface area contributed by atoms with Gasteiger partial charge in [-0.2, -0.15) is 0 Å². The van der Waals surface area contributed by atoms with Gasteiger partial charge in [-0.3, -0.25) is 4.79 Å². The van der Waals surface area contributed by atoms with Gasteiger partial charge in [0.25, 0.3) is 5.91 Å². The maximum absolute atomic E-state index is 13.0. The molecule has 0 aliphatic rings. The first kappa shape index (κ1) is 17.9. The monoisotopic (exact) mass is 355 g/mol. The van der Waals surface area contributed by atoms with Gasteiger partial charge in [-0.25, -0.2) is 4.39 Å². The Balaban J connectivity index is 1.65. The highest BCUT2D eigenvalue weighted by Crippen LogP contribution is 2.26. The lowest BCUT2D eigenvalue weighted by Crippen LogP contribution is -2.24. The Morgan fingerprint density at radius 1 is 1.04 bits per heavy atom.